The number of benzene rings is 1. The third-order valence-corrected chi connectivity index (χ3v) is 7.21. The van der Waals surface area contributed by atoms with Crippen LogP contribution in [0.4, 0.5) is 4.39 Å². The second-order valence-corrected chi connectivity index (χ2v) is 9.05. The smallest absolute Gasteiger partial charge is 0.238 e. The van der Waals surface area contributed by atoms with E-state index in [-0.39, 0.29) is 24.2 Å². The predicted molar refractivity (Wildman–Crippen MR) is 109 cm³/mol. The molecule has 7 heteroatoms. The van der Waals surface area contributed by atoms with Crippen molar-refractivity contribution in [1.82, 2.24) is 15.6 Å². The molecule has 0 spiro atoms. The molecular weight excluding hydrogens is 391 g/mol. The molecule has 0 radical (unpaired) electrons. The van der Waals surface area contributed by atoms with Gasteiger partial charge in [-0.2, -0.15) is 0 Å². The Labute approximate surface area is 174 Å². The van der Waals surface area contributed by atoms with Crippen molar-refractivity contribution in [1.29, 1.82) is 0 Å². The van der Waals surface area contributed by atoms with Crippen LogP contribution in [-0.2, 0) is 11.2 Å². The number of amides is 1. The number of pyridine rings is 1. The van der Waals surface area contributed by atoms with Gasteiger partial charge in [0.25, 0.3) is 0 Å². The van der Waals surface area contributed by atoms with Crippen LogP contribution in [0.2, 0.25) is 5.15 Å². The second kappa shape index (κ2) is 7.04. The molecule has 1 aromatic carbocycles. The van der Waals surface area contributed by atoms with E-state index in [4.69, 9.17) is 17.3 Å². The summed E-state index contributed by atoms with van der Waals surface area (Å²) in [6.07, 6.45) is 2.30. The van der Waals surface area contributed by atoms with E-state index in [2.05, 4.69) is 22.5 Å². The molecule has 1 aromatic heterocycles. The molecule has 4 N–H and O–H groups in total. The summed E-state index contributed by atoms with van der Waals surface area (Å²) in [6, 6.07) is 8.76. The van der Waals surface area contributed by atoms with Gasteiger partial charge in [-0.3, -0.25) is 4.79 Å². The van der Waals surface area contributed by atoms with Crippen molar-refractivity contribution in [2.45, 2.75) is 38.0 Å². The fourth-order valence-electron chi connectivity index (χ4n) is 5.60. The lowest BCUT2D eigenvalue weighted by Gasteiger charge is -2.24. The summed E-state index contributed by atoms with van der Waals surface area (Å²) in [4.78, 5) is 16.7. The predicted octanol–water partition coefficient (Wildman–Crippen LogP) is 2.73. The van der Waals surface area contributed by atoms with Crippen molar-refractivity contribution < 1.29 is 9.18 Å². The normalized spacial score (nSPS) is 32.7. The molecule has 3 aliphatic rings. The number of hydrogen-bond donors (Lipinski definition) is 3. The van der Waals surface area contributed by atoms with Gasteiger partial charge in [0.15, 0.2) is 0 Å². The number of piperidine rings is 1. The Bertz CT molecular complexity index is 950. The lowest BCUT2D eigenvalue weighted by Crippen LogP contribution is -2.53. The van der Waals surface area contributed by atoms with E-state index in [1.807, 2.05) is 6.07 Å². The molecule has 2 saturated carbocycles. The van der Waals surface area contributed by atoms with Gasteiger partial charge in [-0.05, 0) is 59.4 Å². The molecule has 2 heterocycles. The van der Waals surface area contributed by atoms with E-state index in [0.29, 0.717) is 34.2 Å². The fourth-order valence-corrected chi connectivity index (χ4v) is 5.72. The van der Waals surface area contributed by atoms with Crippen LogP contribution in [0.25, 0.3) is 11.1 Å². The summed E-state index contributed by atoms with van der Waals surface area (Å²) in [5.74, 6) is 2.15. The average Bonchev–Trinajstić information content (AvgIpc) is 3.05. The Morgan fingerprint density at radius 1 is 1.34 bits per heavy atom. The maximum atomic E-state index is 14.6. The van der Waals surface area contributed by atoms with E-state index in [1.54, 1.807) is 24.4 Å². The van der Waals surface area contributed by atoms with Gasteiger partial charge < -0.3 is 16.4 Å². The van der Waals surface area contributed by atoms with Crippen LogP contribution < -0.4 is 16.4 Å². The van der Waals surface area contributed by atoms with E-state index < -0.39 is 6.17 Å². The summed E-state index contributed by atoms with van der Waals surface area (Å²) in [5, 5.41) is 6.73. The number of carbonyl (C=O) groups excluding carboxylic acids is 1. The zero-order valence-corrected chi connectivity index (χ0v) is 16.9. The van der Waals surface area contributed by atoms with Gasteiger partial charge in [0.1, 0.15) is 11.0 Å². The maximum absolute atomic E-state index is 14.6. The molecule has 152 valence electrons. The van der Waals surface area contributed by atoms with Gasteiger partial charge in [0, 0.05) is 24.2 Å². The molecule has 2 bridgehead atoms. The Hall–Kier alpha value is -2.02. The first-order chi connectivity index (χ1) is 13.9. The highest BCUT2D eigenvalue weighted by atomic mass is 35.5. The number of nitrogens with one attached hydrogen (secondary N) is 2. The summed E-state index contributed by atoms with van der Waals surface area (Å²) < 4.78 is 14.6. The van der Waals surface area contributed by atoms with Crippen LogP contribution in [0.3, 0.4) is 0 Å². The molecule has 5 rings (SSSR count). The Kier molecular flexibility index (Phi) is 4.61. The molecular formula is C22H24ClFN4O. The van der Waals surface area contributed by atoms with E-state index >= 15 is 0 Å². The van der Waals surface area contributed by atoms with Gasteiger partial charge in [-0.25, -0.2) is 9.37 Å². The number of nitrogens with two attached hydrogens (primary N) is 1. The third-order valence-electron chi connectivity index (χ3n) is 6.99. The molecule has 7 unspecified atom stereocenters. The van der Waals surface area contributed by atoms with Gasteiger partial charge in [-0.15, -0.1) is 0 Å². The molecule has 29 heavy (non-hydrogen) atoms. The van der Waals surface area contributed by atoms with Crippen molar-refractivity contribution >= 4 is 17.5 Å². The van der Waals surface area contributed by atoms with Crippen LogP contribution in [0.5, 0.6) is 0 Å². The van der Waals surface area contributed by atoms with E-state index in [9.17, 15) is 9.18 Å². The zero-order valence-electron chi connectivity index (χ0n) is 16.1. The molecule has 2 aliphatic carbocycles. The number of aromatic nitrogens is 1. The molecule has 1 aliphatic heterocycles. The van der Waals surface area contributed by atoms with Crippen LogP contribution in [0.1, 0.15) is 18.9 Å². The minimum absolute atomic E-state index is 0.0631. The van der Waals surface area contributed by atoms with E-state index in [1.165, 1.54) is 6.07 Å². The van der Waals surface area contributed by atoms with E-state index in [0.717, 1.165) is 23.8 Å². The molecule has 1 amide bonds. The summed E-state index contributed by atoms with van der Waals surface area (Å²) in [6.45, 7) is 2.27. The zero-order chi connectivity index (χ0) is 20.3. The Morgan fingerprint density at radius 3 is 2.83 bits per heavy atom. The van der Waals surface area contributed by atoms with Crippen LogP contribution in [0, 0.1) is 29.5 Å². The van der Waals surface area contributed by atoms with Crippen LogP contribution in [-0.4, -0.2) is 29.1 Å². The molecule has 7 atom stereocenters. The quantitative estimate of drug-likeness (QED) is 0.519. The first-order valence-corrected chi connectivity index (χ1v) is 10.5. The summed E-state index contributed by atoms with van der Waals surface area (Å²) in [7, 11) is 0. The maximum Gasteiger partial charge on any atom is 0.238 e. The number of halogens is 2. The van der Waals surface area contributed by atoms with Gasteiger partial charge >= 0.3 is 0 Å². The number of rotatable bonds is 5. The monoisotopic (exact) mass is 414 g/mol. The minimum Gasteiger partial charge on any atom is -0.339 e. The fraction of sp³-hybridized carbons (Fsp3) is 0.455. The van der Waals surface area contributed by atoms with Gasteiger partial charge in [0.2, 0.25) is 5.91 Å². The second-order valence-electron chi connectivity index (χ2n) is 8.66. The highest BCUT2D eigenvalue weighted by Crippen LogP contribution is 2.64. The highest BCUT2D eigenvalue weighted by Gasteiger charge is 2.67. The Morgan fingerprint density at radius 2 is 2.14 bits per heavy atom. The minimum atomic E-state index is -0.631. The largest absolute Gasteiger partial charge is 0.339 e. The van der Waals surface area contributed by atoms with Crippen molar-refractivity contribution in [3.05, 3.63) is 53.1 Å². The summed E-state index contributed by atoms with van der Waals surface area (Å²) >= 11 is 5.80. The SMILES string of the molecule is CC1C2C3CC(C(C(=O)NC(N)Cc4ccc(-c5ccc(Cl)nc5)cc4F)N3)C12. The molecule has 1 saturated heterocycles. The molecule has 5 nitrogen and oxygen atoms in total. The number of carbonyl (C=O) groups is 1. The van der Waals surface area contributed by atoms with Crippen molar-refractivity contribution in [3.8, 4) is 11.1 Å². The number of fused-ring (bicyclic) bond motifs is 5. The number of hydrogen-bond acceptors (Lipinski definition) is 4. The number of nitrogens with zero attached hydrogens (tertiary/aromatic N) is 1. The highest BCUT2D eigenvalue weighted by molar-refractivity contribution is 6.29. The molecule has 2 aromatic rings. The first-order valence-electron chi connectivity index (χ1n) is 10.1. The van der Waals surface area contributed by atoms with Gasteiger partial charge in [-0.1, -0.05) is 30.7 Å². The third kappa shape index (κ3) is 3.33. The summed E-state index contributed by atoms with van der Waals surface area (Å²) in [5.41, 5.74) is 8.10. The average molecular weight is 415 g/mol. The molecule has 3 fully saturated rings. The van der Waals surface area contributed by atoms with Crippen molar-refractivity contribution in [3.63, 3.8) is 0 Å². The lowest BCUT2D eigenvalue weighted by molar-refractivity contribution is -0.124. The van der Waals surface area contributed by atoms with Crippen molar-refractivity contribution in [2.24, 2.45) is 29.4 Å². The lowest BCUT2D eigenvalue weighted by atomic mass is 9.95. The Balaban J connectivity index is 1.21. The van der Waals surface area contributed by atoms with Crippen LogP contribution >= 0.6 is 11.6 Å². The van der Waals surface area contributed by atoms with Gasteiger partial charge in [0.05, 0.1) is 12.2 Å². The standard InChI is InChI=1S/C22H24ClFN4O/c1-10-19-14-8-16(20(10)19)27-21(14)22(29)28-18(25)7-12-3-2-11(6-15(12)24)13-4-5-17(23)26-9-13/h2-6,9-10,14,16,18-21,27H,7-8,25H2,1H3,(H,28,29). The first kappa shape index (κ1) is 19.0. The topological polar surface area (TPSA) is 80.0 Å². The van der Waals surface area contributed by atoms with Crippen LogP contribution in [0.15, 0.2) is 36.5 Å². The van der Waals surface area contributed by atoms with Crippen molar-refractivity contribution in [2.75, 3.05) is 0 Å².